The molecule has 1 radical (unpaired) electrons. The molecule has 0 saturated carbocycles. The fourth-order valence-electron chi connectivity index (χ4n) is 1.56. The summed E-state index contributed by atoms with van der Waals surface area (Å²) in [6.07, 6.45) is 0. The molecule has 0 fully saturated rings. The Labute approximate surface area is 120 Å². The molecule has 0 amide bonds. The van der Waals surface area contributed by atoms with Crippen molar-refractivity contribution in [3.63, 3.8) is 0 Å². The quantitative estimate of drug-likeness (QED) is 0.788. The largest absolute Gasteiger partial charge is 0.507 e. The van der Waals surface area contributed by atoms with Crippen LogP contribution >= 0.6 is 0 Å². The van der Waals surface area contributed by atoms with Gasteiger partial charge in [-0.3, -0.25) is 0 Å². The summed E-state index contributed by atoms with van der Waals surface area (Å²) < 4.78 is 5.04. The number of phenols is 1. The number of hydrogen-bond acceptors (Lipinski definition) is 3. The maximum atomic E-state index is 10.8. The standard InChI is InChI=1S/C12H10O4.Na/c1-16-9-3-2-7-6-11(13)10(12(14)15)5-8(7)4-9;/h2-6,13H,1H3,(H,14,15);. The van der Waals surface area contributed by atoms with Gasteiger partial charge in [-0.15, -0.1) is 0 Å². The van der Waals surface area contributed by atoms with Crippen LogP contribution in [0.15, 0.2) is 30.3 Å². The Morgan fingerprint density at radius 1 is 1.18 bits per heavy atom. The summed E-state index contributed by atoms with van der Waals surface area (Å²) in [5.74, 6) is -0.734. The number of hydrogen-bond donors (Lipinski definition) is 2. The average Bonchev–Trinajstić information content (AvgIpc) is 2.27. The van der Waals surface area contributed by atoms with E-state index in [2.05, 4.69) is 0 Å². The van der Waals surface area contributed by atoms with Gasteiger partial charge in [0.1, 0.15) is 17.1 Å². The summed E-state index contributed by atoms with van der Waals surface area (Å²) >= 11 is 0. The second-order valence-electron chi connectivity index (χ2n) is 3.39. The second-order valence-corrected chi connectivity index (χ2v) is 3.39. The van der Waals surface area contributed by atoms with Crippen LogP contribution in [-0.4, -0.2) is 52.8 Å². The molecule has 0 aliphatic rings. The maximum Gasteiger partial charge on any atom is 0.339 e. The van der Waals surface area contributed by atoms with Gasteiger partial charge in [-0.05, 0) is 35.0 Å². The van der Waals surface area contributed by atoms with Crippen molar-refractivity contribution in [2.75, 3.05) is 7.11 Å². The van der Waals surface area contributed by atoms with Gasteiger partial charge in [0.05, 0.1) is 7.11 Å². The molecule has 83 valence electrons. The molecule has 0 aromatic heterocycles. The van der Waals surface area contributed by atoms with E-state index in [1.54, 1.807) is 25.3 Å². The van der Waals surface area contributed by atoms with Gasteiger partial charge >= 0.3 is 5.97 Å². The minimum atomic E-state index is -1.15. The zero-order chi connectivity index (χ0) is 11.7. The fourth-order valence-corrected chi connectivity index (χ4v) is 1.56. The molecule has 17 heavy (non-hydrogen) atoms. The molecule has 0 saturated heterocycles. The van der Waals surface area contributed by atoms with Crippen molar-refractivity contribution < 1.29 is 19.7 Å². The minimum Gasteiger partial charge on any atom is -0.507 e. The third-order valence-corrected chi connectivity index (χ3v) is 2.39. The van der Waals surface area contributed by atoms with Crippen LogP contribution in [-0.2, 0) is 0 Å². The van der Waals surface area contributed by atoms with Crippen LogP contribution in [0.1, 0.15) is 10.4 Å². The number of fused-ring (bicyclic) bond motifs is 1. The minimum absolute atomic E-state index is 0. The van der Waals surface area contributed by atoms with Crippen LogP contribution in [0.4, 0.5) is 0 Å². The van der Waals surface area contributed by atoms with Crippen molar-refractivity contribution in [2.24, 2.45) is 0 Å². The van der Waals surface area contributed by atoms with Crippen molar-refractivity contribution in [1.82, 2.24) is 0 Å². The van der Waals surface area contributed by atoms with Gasteiger partial charge in [-0.2, -0.15) is 0 Å². The van der Waals surface area contributed by atoms with Gasteiger partial charge in [0.25, 0.3) is 0 Å². The first-order valence-electron chi connectivity index (χ1n) is 4.66. The molecule has 4 nitrogen and oxygen atoms in total. The SMILES string of the molecule is COc1ccc2cc(O)c(C(=O)O)cc2c1.[Na]. The average molecular weight is 241 g/mol. The van der Waals surface area contributed by atoms with E-state index in [9.17, 15) is 9.90 Å². The molecule has 2 N–H and O–H groups in total. The maximum absolute atomic E-state index is 10.8. The summed E-state index contributed by atoms with van der Waals surface area (Å²) in [6.45, 7) is 0. The van der Waals surface area contributed by atoms with Gasteiger partial charge in [-0.25, -0.2) is 4.79 Å². The molecular weight excluding hydrogens is 231 g/mol. The van der Waals surface area contributed by atoms with Crippen LogP contribution in [0.2, 0.25) is 0 Å². The molecule has 2 aromatic carbocycles. The number of carboxylic acid groups (broad SMARTS) is 1. The van der Waals surface area contributed by atoms with E-state index in [1.807, 2.05) is 0 Å². The van der Waals surface area contributed by atoms with Gasteiger partial charge < -0.3 is 14.9 Å². The van der Waals surface area contributed by atoms with E-state index in [0.29, 0.717) is 5.75 Å². The number of carbonyl (C=O) groups is 1. The number of methoxy groups -OCH3 is 1. The number of rotatable bonds is 2. The summed E-state index contributed by atoms with van der Waals surface area (Å²) in [6, 6.07) is 8.09. The van der Waals surface area contributed by atoms with Crippen LogP contribution in [0, 0.1) is 0 Å². The smallest absolute Gasteiger partial charge is 0.339 e. The first-order valence-corrected chi connectivity index (χ1v) is 4.66. The number of aromatic carboxylic acids is 1. The van der Waals surface area contributed by atoms with E-state index in [0.717, 1.165) is 10.8 Å². The third kappa shape index (κ3) is 2.72. The molecule has 0 heterocycles. The third-order valence-electron chi connectivity index (χ3n) is 2.39. The number of aromatic hydroxyl groups is 1. The topological polar surface area (TPSA) is 66.8 Å². The van der Waals surface area contributed by atoms with Gasteiger partial charge in [0.2, 0.25) is 0 Å². The zero-order valence-electron chi connectivity index (χ0n) is 9.60. The van der Waals surface area contributed by atoms with E-state index in [1.165, 1.54) is 12.1 Å². The number of benzene rings is 2. The zero-order valence-corrected chi connectivity index (χ0v) is 11.6. The number of ether oxygens (including phenoxy) is 1. The van der Waals surface area contributed by atoms with Crippen molar-refractivity contribution in [3.05, 3.63) is 35.9 Å². The van der Waals surface area contributed by atoms with Gasteiger partial charge in [-0.1, -0.05) is 6.07 Å². The van der Waals surface area contributed by atoms with Crippen molar-refractivity contribution in [1.29, 1.82) is 0 Å². The Kier molecular flexibility index (Phi) is 4.40. The normalized spacial score (nSPS) is 9.71. The Bertz CT molecular complexity index is 566. The fraction of sp³-hybridized carbons (Fsp3) is 0.0833. The Balaban J connectivity index is 0.00000144. The summed E-state index contributed by atoms with van der Waals surface area (Å²) in [5, 5.41) is 19.8. The van der Waals surface area contributed by atoms with Gasteiger partial charge in [0.15, 0.2) is 0 Å². The van der Waals surface area contributed by atoms with Gasteiger partial charge in [0, 0.05) is 29.6 Å². The summed E-state index contributed by atoms with van der Waals surface area (Å²) in [7, 11) is 1.54. The molecule has 0 aliphatic heterocycles. The molecule has 2 aromatic rings. The van der Waals surface area contributed by atoms with E-state index < -0.39 is 5.97 Å². The van der Waals surface area contributed by atoms with Crippen molar-refractivity contribution in [3.8, 4) is 11.5 Å². The van der Waals surface area contributed by atoms with Crippen LogP contribution < -0.4 is 4.74 Å². The van der Waals surface area contributed by atoms with Crippen molar-refractivity contribution >= 4 is 46.3 Å². The van der Waals surface area contributed by atoms with E-state index >= 15 is 0 Å². The molecule has 2 rings (SSSR count). The van der Waals surface area contributed by atoms with Crippen LogP contribution in [0.5, 0.6) is 11.5 Å². The predicted molar refractivity (Wildman–Crippen MR) is 64.9 cm³/mol. The molecule has 0 spiro atoms. The molecule has 0 atom stereocenters. The van der Waals surface area contributed by atoms with Crippen LogP contribution in [0.25, 0.3) is 10.8 Å². The Morgan fingerprint density at radius 3 is 2.47 bits per heavy atom. The summed E-state index contributed by atoms with van der Waals surface area (Å²) in [4.78, 5) is 10.8. The van der Waals surface area contributed by atoms with E-state index in [-0.39, 0.29) is 40.9 Å². The molecule has 0 unspecified atom stereocenters. The van der Waals surface area contributed by atoms with Crippen LogP contribution in [0.3, 0.4) is 0 Å². The number of carboxylic acids is 1. The second kappa shape index (κ2) is 5.40. The molecule has 5 heteroatoms. The first kappa shape index (κ1) is 13.8. The first-order chi connectivity index (χ1) is 7.61. The Hall–Kier alpha value is -1.23. The van der Waals surface area contributed by atoms with Crippen molar-refractivity contribution in [2.45, 2.75) is 0 Å². The molecule has 0 aliphatic carbocycles. The van der Waals surface area contributed by atoms with E-state index in [4.69, 9.17) is 9.84 Å². The Morgan fingerprint density at radius 2 is 1.88 bits per heavy atom. The summed E-state index contributed by atoms with van der Waals surface area (Å²) in [5.41, 5.74) is -0.110. The monoisotopic (exact) mass is 241 g/mol. The predicted octanol–water partition coefficient (Wildman–Crippen LogP) is 1.87. The molecular formula is C12H10NaO4. The molecule has 0 bridgehead atoms.